The Labute approximate surface area is 49.1 Å². The Bertz CT molecular complexity index is 163. The van der Waals surface area contributed by atoms with Crippen LogP contribution in [0.15, 0.2) is 0 Å². The van der Waals surface area contributed by atoms with Crippen LogP contribution in [0, 0.1) is 10.8 Å². The van der Waals surface area contributed by atoms with Crippen molar-refractivity contribution in [3.8, 4) is 0 Å². The number of ketones is 1. The van der Waals surface area contributed by atoms with Gasteiger partial charge in [-0.3, -0.25) is 4.79 Å². The van der Waals surface area contributed by atoms with Gasteiger partial charge in [0.05, 0.1) is 0 Å². The van der Waals surface area contributed by atoms with E-state index in [1.54, 1.807) is 6.92 Å². The van der Waals surface area contributed by atoms with Crippen LogP contribution in [0.5, 0.6) is 0 Å². The summed E-state index contributed by atoms with van der Waals surface area (Å²) in [7, 11) is 0. The van der Waals surface area contributed by atoms with Crippen molar-refractivity contribution < 1.29 is 4.79 Å². The van der Waals surface area contributed by atoms with Crippen LogP contribution in [0.4, 0.5) is 0 Å². The molecule has 2 rings (SSSR count). The summed E-state index contributed by atoms with van der Waals surface area (Å²) in [6.45, 7) is 3.92. The molecule has 0 heterocycles. The van der Waals surface area contributed by atoms with Crippen molar-refractivity contribution in [1.82, 2.24) is 0 Å². The van der Waals surface area contributed by atoms with Crippen LogP contribution in [-0.2, 0) is 4.79 Å². The molecule has 2 aliphatic carbocycles. The summed E-state index contributed by atoms with van der Waals surface area (Å²) >= 11 is 0. The first kappa shape index (κ1) is 4.54. The minimum Gasteiger partial charge on any atom is -0.299 e. The lowest BCUT2D eigenvalue weighted by Gasteiger charge is -1.90. The highest BCUT2D eigenvalue weighted by Crippen LogP contribution is 2.86. The fourth-order valence-electron chi connectivity index (χ4n) is 1.87. The number of Topliss-reactive ketones (excluding diaryl/α,β-unsaturated/α-hetero) is 1. The lowest BCUT2D eigenvalue weighted by molar-refractivity contribution is -0.120. The molecular weight excluding hydrogens is 100 g/mol. The van der Waals surface area contributed by atoms with E-state index in [1.165, 1.54) is 12.8 Å². The molecule has 0 unspecified atom stereocenters. The van der Waals surface area contributed by atoms with Crippen LogP contribution < -0.4 is 0 Å². The molecule has 0 spiro atoms. The van der Waals surface area contributed by atoms with Gasteiger partial charge in [-0.25, -0.2) is 0 Å². The molecular formula is C7H10O. The van der Waals surface area contributed by atoms with Gasteiger partial charge in [0.25, 0.3) is 0 Å². The van der Waals surface area contributed by atoms with E-state index < -0.39 is 0 Å². The Morgan fingerprint density at radius 2 is 1.88 bits per heavy atom. The lowest BCUT2D eigenvalue weighted by atomic mass is 10.1. The minimum absolute atomic E-state index is 0.215. The molecule has 2 aliphatic rings. The van der Waals surface area contributed by atoms with Crippen molar-refractivity contribution in [2.75, 3.05) is 0 Å². The summed E-state index contributed by atoms with van der Waals surface area (Å²) in [6, 6.07) is 0. The van der Waals surface area contributed by atoms with E-state index in [0.29, 0.717) is 11.2 Å². The third-order valence-electron chi connectivity index (χ3n) is 2.96. The van der Waals surface area contributed by atoms with E-state index in [0.717, 1.165) is 0 Å². The van der Waals surface area contributed by atoms with Gasteiger partial charge in [-0.1, -0.05) is 6.92 Å². The minimum atomic E-state index is 0.215. The summed E-state index contributed by atoms with van der Waals surface area (Å²) in [4.78, 5) is 10.8. The van der Waals surface area contributed by atoms with Crippen LogP contribution >= 0.6 is 0 Å². The summed E-state index contributed by atoms with van der Waals surface area (Å²) in [5, 5.41) is 0. The van der Waals surface area contributed by atoms with Crippen molar-refractivity contribution in [2.45, 2.75) is 26.7 Å². The largest absolute Gasteiger partial charge is 0.299 e. The van der Waals surface area contributed by atoms with E-state index in [4.69, 9.17) is 0 Å². The van der Waals surface area contributed by atoms with Gasteiger partial charge in [0.15, 0.2) is 0 Å². The average molecular weight is 110 g/mol. The molecule has 0 saturated heterocycles. The second-order valence-corrected chi connectivity index (χ2v) is 3.55. The van der Waals surface area contributed by atoms with Crippen LogP contribution in [-0.4, -0.2) is 5.78 Å². The first-order chi connectivity index (χ1) is 3.61. The van der Waals surface area contributed by atoms with Gasteiger partial charge in [0, 0.05) is 5.41 Å². The first-order valence-corrected chi connectivity index (χ1v) is 3.12. The molecule has 2 fully saturated rings. The van der Waals surface area contributed by atoms with Crippen molar-refractivity contribution in [1.29, 1.82) is 0 Å². The zero-order valence-electron chi connectivity index (χ0n) is 5.32. The zero-order chi connectivity index (χ0) is 5.99. The molecule has 0 atom stereocenters. The smallest absolute Gasteiger partial charge is 0.136 e. The molecule has 44 valence electrons. The monoisotopic (exact) mass is 110 g/mol. The molecule has 0 bridgehead atoms. The third kappa shape index (κ3) is 0.241. The van der Waals surface area contributed by atoms with E-state index in [9.17, 15) is 4.79 Å². The van der Waals surface area contributed by atoms with Crippen LogP contribution in [0.25, 0.3) is 0 Å². The second kappa shape index (κ2) is 0.772. The number of carbonyl (C=O) groups excluding carboxylic acids is 1. The predicted molar refractivity (Wildman–Crippen MR) is 30.5 cm³/mol. The topological polar surface area (TPSA) is 17.1 Å². The average Bonchev–Trinajstić information content (AvgIpc) is 2.22. The number of fused-ring (bicyclic) bond motifs is 1. The molecule has 0 N–H and O–H groups in total. The molecule has 8 heavy (non-hydrogen) atoms. The van der Waals surface area contributed by atoms with Crippen molar-refractivity contribution in [3.63, 3.8) is 0 Å². The zero-order valence-corrected chi connectivity index (χ0v) is 5.32. The molecule has 0 aromatic carbocycles. The van der Waals surface area contributed by atoms with Crippen molar-refractivity contribution in [2.24, 2.45) is 10.8 Å². The maximum atomic E-state index is 10.8. The molecule has 2 saturated carbocycles. The van der Waals surface area contributed by atoms with Crippen LogP contribution in [0.1, 0.15) is 26.7 Å². The van der Waals surface area contributed by atoms with Gasteiger partial charge in [0.1, 0.15) is 5.78 Å². The molecule has 0 aromatic heterocycles. The first-order valence-electron chi connectivity index (χ1n) is 3.12. The molecule has 0 radical (unpaired) electrons. The van der Waals surface area contributed by atoms with E-state index in [2.05, 4.69) is 6.92 Å². The Balaban J connectivity index is 2.24. The number of hydrogen-bond acceptors (Lipinski definition) is 1. The molecule has 0 aliphatic heterocycles. The van der Waals surface area contributed by atoms with E-state index >= 15 is 0 Å². The van der Waals surface area contributed by atoms with Crippen LogP contribution in [0.2, 0.25) is 0 Å². The van der Waals surface area contributed by atoms with Crippen molar-refractivity contribution >= 4 is 5.78 Å². The van der Waals surface area contributed by atoms with Gasteiger partial charge in [0.2, 0.25) is 0 Å². The summed E-state index contributed by atoms with van der Waals surface area (Å²) < 4.78 is 0. The molecule has 0 aromatic rings. The predicted octanol–water partition coefficient (Wildman–Crippen LogP) is 1.38. The number of rotatable bonds is 1. The van der Waals surface area contributed by atoms with Gasteiger partial charge in [-0.2, -0.15) is 0 Å². The standard InChI is InChI=1S/C7H10O/c1-5(8)7-3-6(7,2)4-7/h3-4H2,1-2H3. The highest BCUT2D eigenvalue weighted by Gasteiger charge is 2.82. The summed E-state index contributed by atoms with van der Waals surface area (Å²) in [5.74, 6) is 0.417. The van der Waals surface area contributed by atoms with E-state index in [1.807, 2.05) is 0 Å². The number of carbonyl (C=O) groups is 1. The van der Waals surface area contributed by atoms with Gasteiger partial charge >= 0.3 is 0 Å². The fourth-order valence-corrected chi connectivity index (χ4v) is 1.87. The fraction of sp³-hybridized carbons (Fsp3) is 0.857. The Morgan fingerprint density at radius 1 is 1.50 bits per heavy atom. The highest BCUT2D eigenvalue weighted by atomic mass is 16.1. The lowest BCUT2D eigenvalue weighted by Crippen LogP contribution is -1.98. The Kier molecular flexibility index (Phi) is 0.438. The quantitative estimate of drug-likeness (QED) is 0.498. The van der Waals surface area contributed by atoms with E-state index in [-0.39, 0.29) is 5.41 Å². The summed E-state index contributed by atoms with van der Waals surface area (Å²) in [5.41, 5.74) is 0.700. The number of hydrogen-bond donors (Lipinski definition) is 0. The molecule has 1 nitrogen and oxygen atoms in total. The Hall–Kier alpha value is -0.330. The maximum absolute atomic E-state index is 10.8. The van der Waals surface area contributed by atoms with Crippen LogP contribution in [0.3, 0.4) is 0 Å². The van der Waals surface area contributed by atoms with Gasteiger partial charge in [-0.05, 0) is 25.2 Å². The Morgan fingerprint density at radius 3 is 1.88 bits per heavy atom. The van der Waals surface area contributed by atoms with Gasteiger partial charge < -0.3 is 0 Å². The SMILES string of the molecule is CC(=O)C12CC1(C)C2. The maximum Gasteiger partial charge on any atom is 0.136 e. The normalized spacial score (nSPS) is 57.2. The van der Waals surface area contributed by atoms with Crippen molar-refractivity contribution in [3.05, 3.63) is 0 Å². The second-order valence-electron chi connectivity index (χ2n) is 3.55. The molecule has 0 amide bonds. The molecule has 1 heteroatoms. The third-order valence-corrected chi connectivity index (χ3v) is 2.96. The summed E-state index contributed by atoms with van der Waals surface area (Å²) in [6.07, 6.45) is 2.35. The van der Waals surface area contributed by atoms with Gasteiger partial charge in [-0.15, -0.1) is 0 Å². The highest BCUT2D eigenvalue weighted by molar-refractivity contribution is 5.91.